The van der Waals surface area contributed by atoms with Crippen LogP contribution in [0.2, 0.25) is 0 Å². The van der Waals surface area contributed by atoms with Gasteiger partial charge in [-0.15, -0.1) is 13.2 Å². The van der Waals surface area contributed by atoms with Gasteiger partial charge < -0.3 is 29.1 Å². The van der Waals surface area contributed by atoms with Crippen LogP contribution in [0.3, 0.4) is 0 Å². The summed E-state index contributed by atoms with van der Waals surface area (Å²) in [4.78, 5) is 44.4. The summed E-state index contributed by atoms with van der Waals surface area (Å²) in [6.07, 6.45) is 5.44. The molecule has 3 heterocycles. The molecule has 9 heteroatoms. The average Bonchev–Trinajstić information content (AvgIpc) is 3.55. The van der Waals surface area contributed by atoms with Crippen LogP contribution in [0.4, 0.5) is 5.69 Å². The number of aliphatic hydroxyl groups excluding tert-OH is 1. The van der Waals surface area contributed by atoms with Gasteiger partial charge in [0.2, 0.25) is 5.91 Å². The molecule has 0 aromatic heterocycles. The molecule has 3 fully saturated rings. The Hall–Kier alpha value is -3.17. The number of carbonyl (C=O) groups excluding carboxylic acids is 3. The summed E-state index contributed by atoms with van der Waals surface area (Å²) in [5, 5.41) is 9.32. The zero-order valence-electron chi connectivity index (χ0n) is 21.3. The molecule has 37 heavy (non-hydrogen) atoms. The molecule has 200 valence electrons. The van der Waals surface area contributed by atoms with Gasteiger partial charge in [-0.1, -0.05) is 12.2 Å². The van der Waals surface area contributed by atoms with Gasteiger partial charge in [0.1, 0.15) is 17.4 Å². The van der Waals surface area contributed by atoms with E-state index in [9.17, 15) is 19.5 Å². The highest BCUT2D eigenvalue weighted by Gasteiger charge is 2.75. The van der Waals surface area contributed by atoms with Gasteiger partial charge >= 0.3 is 5.97 Å². The number of unbranched alkanes of at least 4 members (excludes halogenated alkanes) is 1. The topological polar surface area (TPSA) is 106 Å². The fourth-order valence-electron chi connectivity index (χ4n) is 6.04. The van der Waals surface area contributed by atoms with E-state index in [0.717, 1.165) is 0 Å². The van der Waals surface area contributed by atoms with Crippen molar-refractivity contribution in [2.45, 2.75) is 49.9 Å². The minimum Gasteiger partial charge on any atom is -0.497 e. The smallest absolute Gasteiger partial charge is 0.312 e. The Balaban J connectivity index is 1.69. The number of methoxy groups -OCH3 is 1. The predicted octanol–water partition coefficient (Wildman–Crippen LogP) is 2.48. The van der Waals surface area contributed by atoms with Crippen LogP contribution >= 0.6 is 0 Å². The van der Waals surface area contributed by atoms with E-state index in [1.54, 1.807) is 53.3 Å². The molecule has 1 N–H and O–H groups in total. The highest BCUT2D eigenvalue weighted by atomic mass is 16.6. The normalized spacial score (nSPS) is 27.6. The number of amides is 2. The van der Waals surface area contributed by atoms with Gasteiger partial charge in [-0.3, -0.25) is 14.4 Å². The van der Waals surface area contributed by atoms with Crippen molar-refractivity contribution in [1.29, 1.82) is 0 Å². The van der Waals surface area contributed by atoms with Crippen LogP contribution in [0.1, 0.15) is 32.1 Å². The maximum atomic E-state index is 14.3. The van der Waals surface area contributed by atoms with Crippen LogP contribution in [-0.2, 0) is 23.9 Å². The minimum absolute atomic E-state index is 0.0134. The molecule has 2 amide bonds. The Morgan fingerprint density at radius 2 is 2.00 bits per heavy atom. The largest absolute Gasteiger partial charge is 0.497 e. The second-order valence-electron chi connectivity index (χ2n) is 9.70. The van der Waals surface area contributed by atoms with Crippen molar-refractivity contribution in [2.24, 2.45) is 11.8 Å². The highest BCUT2D eigenvalue weighted by molar-refractivity contribution is 6.04. The van der Waals surface area contributed by atoms with Crippen molar-refractivity contribution >= 4 is 23.5 Å². The lowest BCUT2D eigenvalue weighted by Crippen LogP contribution is -2.56. The summed E-state index contributed by atoms with van der Waals surface area (Å²) in [7, 11) is 1.57. The third-order valence-corrected chi connectivity index (χ3v) is 7.64. The maximum Gasteiger partial charge on any atom is 0.312 e. The van der Waals surface area contributed by atoms with Crippen LogP contribution in [0.5, 0.6) is 5.75 Å². The van der Waals surface area contributed by atoms with Crippen LogP contribution in [-0.4, -0.2) is 79.0 Å². The zero-order chi connectivity index (χ0) is 26.6. The summed E-state index contributed by atoms with van der Waals surface area (Å²) in [5.74, 6) is -1.90. The fraction of sp³-hybridized carbons (Fsp3) is 0.536. The predicted molar refractivity (Wildman–Crippen MR) is 137 cm³/mol. The van der Waals surface area contributed by atoms with Gasteiger partial charge in [0.15, 0.2) is 0 Å². The van der Waals surface area contributed by atoms with E-state index in [1.165, 1.54) is 0 Å². The number of aliphatic hydroxyl groups is 1. The SMILES string of the molecule is C=CCCOC(=O)[C@@H]1[C@H]2C(=O)N(CCCCO)C(C(=O)N(CC=C)c3ccc(OC)cc3)C23CC[C@H]1O3. The molecule has 9 nitrogen and oxygen atoms in total. The summed E-state index contributed by atoms with van der Waals surface area (Å²) in [6.45, 7) is 8.16. The van der Waals surface area contributed by atoms with E-state index < -0.39 is 35.6 Å². The first kappa shape index (κ1) is 26.9. The Bertz CT molecular complexity index is 1030. The molecular weight excluding hydrogens is 476 g/mol. The molecule has 2 unspecified atom stereocenters. The number of fused-ring (bicyclic) bond motifs is 1. The lowest BCUT2D eigenvalue weighted by atomic mass is 9.70. The number of anilines is 1. The molecule has 0 radical (unpaired) electrons. The number of carbonyl (C=O) groups is 3. The number of hydrogen-bond donors (Lipinski definition) is 1. The molecule has 3 aliphatic heterocycles. The van der Waals surface area contributed by atoms with E-state index in [2.05, 4.69) is 13.2 Å². The summed E-state index contributed by atoms with van der Waals surface area (Å²) >= 11 is 0. The van der Waals surface area contributed by atoms with Crippen molar-refractivity contribution in [3.05, 3.63) is 49.6 Å². The lowest BCUT2D eigenvalue weighted by molar-refractivity contribution is -0.155. The van der Waals surface area contributed by atoms with Gasteiger partial charge in [-0.25, -0.2) is 0 Å². The number of ether oxygens (including phenoxy) is 3. The van der Waals surface area contributed by atoms with Gasteiger partial charge in [-0.2, -0.15) is 0 Å². The molecule has 1 aromatic rings. The first-order valence-corrected chi connectivity index (χ1v) is 12.9. The number of benzene rings is 1. The van der Waals surface area contributed by atoms with Gasteiger partial charge in [0, 0.05) is 25.4 Å². The minimum atomic E-state index is -1.11. The van der Waals surface area contributed by atoms with Gasteiger partial charge in [-0.05, 0) is 56.4 Å². The monoisotopic (exact) mass is 512 g/mol. The van der Waals surface area contributed by atoms with Crippen molar-refractivity contribution < 1.29 is 33.7 Å². The second-order valence-corrected chi connectivity index (χ2v) is 9.70. The quantitative estimate of drug-likeness (QED) is 0.246. The summed E-state index contributed by atoms with van der Waals surface area (Å²) in [6, 6.07) is 6.21. The van der Waals surface area contributed by atoms with Crippen LogP contribution < -0.4 is 9.64 Å². The highest BCUT2D eigenvalue weighted by Crippen LogP contribution is 2.59. The standard InChI is InChI=1S/C28H36N2O7/c1-4-6-18-36-27(34)22-21-13-14-28(37-21)23(22)25(32)30(16-7-8-17-31)24(28)26(33)29(15-5-2)19-9-11-20(35-3)12-10-19/h4-5,9-12,21-24,31H,1-2,6-8,13-18H2,3H3/t21-,22+,23+,24?,28?/m1/s1. The molecule has 1 spiro atoms. The van der Waals surface area contributed by atoms with E-state index in [4.69, 9.17) is 14.2 Å². The molecule has 0 aliphatic carbocycles. The molecule has 0 saturated carbocycles. The Morgan fingerprint density at radius 1 is 1.24 bits per heavy atom. The van der Waals surface area contributed by atoms with E-state index in [-0.39, 0.29) is 38.1 Å². The third-order valence-electron chi connectivity index (χ3n) is 7.64. The third kappa shape index (κ3) is 4.78. The first-order chi connectivity index (χ1) is 17.9. The van der Waals surface area contributed by atoms with E-state index in [0.29, 0.717) is 43.5 Å². The van der Waals surface area contributed by atoms with Gasteiger partial charge in [0.05, 0.1) is 31.7 Å². The Morgan fingerprint density at radius 3 is 2.65 bits per heavy atom. The number of nitrogens with zero attached hydrogens (tertiary/aromatic N) is 2. The van der Waals surface area contributed by atoms with Crippen molar-refractivity contribution in [3.8, 4) is 5.75 Å². The lowest BCUT2D eigenvalue weighted by Gasteiger charge is -2.36. The second kappa shape index (κ2) is 11.5. The number of likely N-dealkylation sites (tertiary alicyclic amines) is 1. The average molecular weight is 513 g/mol. The Kier molecular flexibility index (Phi) is 8.34. The molecule has 3 aliphatic rings. The molecule has 4 rings (SSSR count). The molecule has 5 atom stereocenters. The molecular formula is C28H36N2O7. The first-order valence-electron chi connectivity index (χ1n) is 12.9. The van der Waals surface area contributed by atoms with Crippen molar-refractivity contribution in [2.75, 3.05) is 38.3 Å². The fourth-order valence-corrected chi connectivity index (χ4v) is 6.04. The van der Waals surface area contributed by atoms with Crippen LogP contribution in [0.25, 0.3) is 0 Å². The van der Waals surface area contributed by atoms with E-state index in [1.807, 2.05) is 0 Å². The Labute approximate surface area is 217 Å². The molecule has 1 aromatic carbocycles. The van der Waals surface area contributed by atoms with E-state index >= 15 is 0 Å². The summed E-state index contributed by atoms with van der Waals surface area (Å²) in [5.41, 5.74) is -0.465. The number of hydrogen-bond acceptors (Lipinski definition) is 7. The van der Waals surface area contributed by atoms with Crippen LogP contribution in [0.15, 0.2) is 49.6 Å². The van der Waals surface area contributed by atoms with Gasteiger partial charge in [0.25, 0.3) is 5.91 Å². The van der Waals surface area contributed by atoms with Crippen molar-refractivity contribution in [1.82, 2.24) is 4.90 Å². The summed E-state index contributed by atoms with van der Waals surface area (Å²) < 4.78 is 17.2. The zero-order valence-corrected chi connectivity index (χ0v) is 21.3. The number of esters is 1. The molecule has 2 bridgehead atoms. The molecule has 3 saturated heterocycles. The van der Waals surface area contributed by atoms with Crippen molar-refractivity contribution in [3.63, 3.8) is 0 Å². The maximum absolute atomic E-state index is 14.3. The number of rotatable bonds is 13. The van der Waals surface area contributed by atoms with Crippen LogP contribution in [0, 0.1) is 11.8 Å².